The standard InChI is InChI=1S/C24H32N4O4S/c1-14(16-6-8-17(9-7-16)20-15(2)26-13-33-20)27-22(31)19-10-18(30)11-28(19)23(32)21(25-12-29)24(3,4)5/h6-9,12-14,18-19,21,30H,10-11H2,1-5H3,(H,25,29)(H,27,31)/t14-,18-,19-,21+/m0/s1. The van der Waals surface area contributed by atoms with Gasteiger partial charge in [0.2, 0.25) is 18.2 Å². The van der Waals surface area contributed by atoms with Crippen molar-refractivity contribution in [3.8, 4) is 10.4 Å². The summed E-state index contributed by atoms with van der Waals surface area (Å²) in [7, 11) is 0. The molecule has 3 amide bonds. The van der Waals surface area contributed by atoms with Gasteiger partial charge in [0.15, 0.2) is 0 Å². The van der Waals surface area contributed by atoms with Gasteiger partial charge >= 0.3 is 0 Å². The number of aromatic nitrogens is 1. The van der Waals surface area contributed by atoms with E-state index in [9.17, 15) is 19.5 Å². The Hall–Kier alpha value is -2.78. The summed E-state index contributed by atoms with van der Waals surface area (Å²) < 4.78 is 0. The maximum Gasteiger partial charge on any atom is 0.246 e. The first-order valence-corrected chi connectivity index (χ1v) is 11.9. The van der Waals surface area contributed by atoms with Crippen molar-refractivity contribution < 1.29 is 19.5 Å². The molecule has 1 aromatic carbocycles. The van der Waals surface area contributed by atoms with Crippen LogP contribution in [-0.4, -0.2) is 57.9 Å². The van der Waals surface area contributed by atoms with Gasteiger partial charge in [-0.15, -0.1) is 11.3 Å². The van der Waals surface area contributed by atoms with Crippen LogP contribution in [-0.2, 0) is 14.4 Å². The first-order chi connectivity index (χ1) is 15.5. The first-order valence-electron chi connectivity index (χ1n) is 11.0. The van der Waals surface area contributed by atoms with Crippen molar-refractivity contribution in [2.24, 2.45) is 5.41 Å². The van der Waals surface area contributed by atoms with Crippen molar-refractivity contribution in [2.75, 3.05) is 6.54 Å². The van der Waals surface area contributed by atoms with E-state index in [1.807, 2.05) is 64.4 Å². The highest BCUT2D eigenvalue weighted by molar-refractivity contribution is 7.13. The number of hydrogen-bond acceptors (Lipinski definition) is 6. The van der Waals surface area contributed by atoms with Crippen LogP contribution >= 0.6 is 11.3 Å². The van der Waals surface area contributed by atoms with E-state index in [1.165, 1.54) is 4.90 Å². The number of amides is 3. The number of carbonyl (C=O) groups excluding carboxylic acids is 3. The maximum absolute atomic E-state index is 13.2. The number of aliphatic hydroxyl groups is 1. The van der Waals surface area contributed by atoms with Gasteiger partial charge in [0, 0.05) is 13.0 Å². The second kappa shape index (κ2) is 10.0. The molecule has 178 valence electrons. The van der Waals surface area contributed by atoms with Crippen LogP contribution in [0.4, 0.5) is 0 Å². The Morgan fingerprint density at radius 3 is 2.48 bits per heavy atom. The van der Waals surface area contributed by atoms with E-state index in [-0.39, 0.29) is 30.8 Å². The Kier molecular flexibility index (Phi) is 7.54. The van der Waals surface area contributed by atoms with Gasteiger partial charge in [0.05, 0.1) is 28.2 Å². The van der Waals surface area contributed by atoms with E-state index >= 15 is 0 Å². The first kappa shape index (κ1) is 24.9. The third-order valence-corrected chi connectivity index (χ3v) is 6.97. The Bertz CT molecular complexity index is 999. The zero-order valence-electron chi connectivity index (χ0n) is 19.7. The van der Waals surface area contributed by atoms with E-state index in [0.29, 0.717) is 6.41 Å². The molecular weight excluding hydrogens is 440 g/mol. The number of rotatable bonds is 7. The van der Waals surface area contributed by atoms with Crippen LogP contribution in [0, 0.1) is 12.3 Å². The van der Waals surface area contributed by atoms with Crippen molar-refractivity contribution in [1.29, 1.82) is 0 Å². The molecule has 0 unspecified atom stereocenters. The molecule has 1 aromatic heterocycles. The lowest BCUT2D eigenvalue weighted by atomic mass is 9.85. The molecule has 3 N–H and O–H groups in total. The SMILES string of the molecule is Cc1ncsc1-c1ccc([C@H](C)NC(=O)[C@@H]2C[C@H](O)CN2C(=O)[C@@H](NC=O)C(C)(C)C)cc1. The number of β-amino-alcohol motifs (C(OH)–C–C–N with tert-alkyl or cyclic N) is 1. The molecule has 1 aliphatic heterocycles. The number of nitrogens with zero attached hydrogens (tertiary/aromatic N) is 2. The number of benzene rings is 1. The number of aliphatic hydroxyl groups excluding tert-OH is 1. The van der Waals surface area contributed by atoms with Gasteiger partial charge in [-0.05, 0) is 30.4 Å². The highest BCUT2D eigenvalue weighted by Gasteiger charge is 2.44. The summed E-state index contributed by atoms with van der Waals surface area (Å²) in [5.74, 6) is -0.697. The van der Waals surface area contributed by atoms with Crippen LogP contribution in [0.3, 0.4) is 0 Å². The topological polar surface area (TPSA) is 112 Å². The zero-order chi connectivity index (χ0) is 24.3. The molecule has 2 aromatic rings. The van der Waals surface area contributed by atoms with E-state index in [2.05, 4.69) is 15.6 Å². The van der Waals surface area contributed by atoms with Crippen molar-refractivity contribution in [2.45, 2.75) is 65.3 Å². The number of hydrogen-bond donors (Lipinski definition) is 3. The molecule has 3 rings (SSSR count). The number of carbonyl (C=O) groups is 3. The van der Waals surface area contributed by atoms with Gasteiger partial charge < -0.3 is 20.6 Å². The van der Waals surface area contributed by atoms with Crippen LogP contribution < -0.4 is 10.6 Å². The molecule has 9 heteroatoms. The highest BCUT2D eigenvalue weighted by atomic mass is 32.1. The Balaban J connectivity index is 1.71. The largest absolute Gasteiger partial charge is 0.391 e. The second-order valence-corrected chi connectivity index (χ2v) is 10.5. The lowest BCUT2D eigenvalue weighted by molar-refractivity contribution is -0.143. The smallest absolute Gasteiger partial charge is 0.246 e. The Morgan fingerprint density at radius 2 is 1.94 bits per heavy atom. The van der Waals surface area contributed by atoms with Crippen LogP contribution in [0.25, 0.3) is 10.4 Å². The monoisotopic (exact) mass is 472 g/mol. The van der Waals surface area contributed by atoms with E-state index < -0.39 is 23.6 Å². The van der Waals surface area contributed by atoms with Gasteiger partial charge in [-0.25, -0.2) is 4.98 Å². The molecule has 4 atom stereocenters. The summed E-state index contributed by atoms with van der Waals surface area (Å²) in [5.41, 5.74) is 4.26. The number of thiazole rings is 1. The number of aryl methyl sites for hydroxylation is 1. The number of nitrogens with one attached hydrogen (secondary N) is 2. The summed E-state index contributed by atoms with van der Waals surface area (Å²) >= 11 is 1.59. The van der Waals surface area contributed by atoms with Crippen molar-refractivity contribution in [3.63, 3.8) is 0 Å². The molecule has 0 aliphatic carbocycles. The third kappa shape index (κ3) is 5.59. The molecule has 8 nitrogen and oxygen atoms in total. The molecule has 1 aliphatic rings. The quantitative estimate of drug-likeness (QED) is 0.536. The average molecular weight is 473 g/mol. The zero-order valence-corrected chi connectivity index (χ0v) is 20.5. The molecular formula is C24H32N4O4S. The fourth-order valence-electron chi connectivity index (χ4n) is 4.13. The lowest BCUT2D eigenvalue weighted by Gasteiger charge is -2.34. The average Bonchev–Trinajstić information content (AvgIpc) is 3.36. The molecule has 0 bridgehead atoms. The Labute approximate surface area is 198 Å². The van der Waals surface area contributed by atoms with Gasteiger partial charge in [-0.1, -0.05) is 45.0 Å². The van der Waals surface area contributed by atoms with Crippen LogP contribution in [0.5, 0.6) is 0 Å². The van der Waals surface area contributed by atoms with E-state index in [0.717, 1.165) is 21.7 Å². The summed E-state index contributed by atoms with van der Waals surface area (Å²) in [4.78, 5) is 44.1. The molecule has 0 saturated carbocycles. The molecule has 33 heavy (non-hydrogen) atoms. The molecule has 1 saturated heterocycles. The van der Waals surface area contributed by atoms with Crippen LogP contribution in [0.15, 0.2) is 29.8 Å². The van der Waals surface area contributed by atoms with Crippen LogP contribution in [0.2, 0.25) is 0 Å². The van der Waals surface area contributed by atoms with Crippen molar-refractivity contribution in [3.05, 3.63) is 41.0 Å². The van der Waals surface area contributed by atoms with Gasteiger partial charge in [0.1, 0.15) is 12.1 Å². The minimum atomic E-state index is -0.799. The normalized spacial score (nSPS) is 20.2. The minimum absolute atomic E-state index is 0.0569. The van der Waals surface area contributed by atoms with Gasteiger partial charge in [0.25, 0.3) is 0 Å². The summed E-state index contributed by atoms with van der Waals surface area (Å²) in [6.07, 6.45) is -0.139. The maximum atomic E-state index is 13.2. The summed E-state index contributed by atoms with van der Waals surface area (Å²) in [6, 6.07) is 6.07. The van der Waals surface area contributed by atoms with Gasteiger partial charge in [-0.3, -0.25) is 14.4 Å². The minimum Gasteiger partial charge on any atom is -0.391 e. The molecule has 1 fully saturated rings. The van der Waals surface area contributed by atoms with Gasteiger partial charge in [-0.2, -0.15) is 0 Å². The summed E-state index contributed by atoms with van der Waals surface area (Å²) in [6.45, 7) is 9.43. The second-order valence-electron chi connectivity index (χ2n) is 9.60. The highest BCUT2D eigenvalue weighted by Crippen LogP contribution is 2.29. The lowest BCUT2D eigenvalue weighted by Crippen LogP contribution is -2.56. The molecule has 0 spiro atoms. The van der Waals surface area contributed by atoms with Crippen molar-refractivity contribution in [1.82, 2.24) is 20.5 Å². The van der Waals surface area contributed by atoms with Crippen molar-refractivity contribution >= 4 is 29.6 Å². The fourth-order valence-corrected chi connectivity index (χ4v) is 4.94. The summed E-state index contributed by atoms with van der Waals surface area (Å²) in [5, 5.41) is 15.8. The predicted molar refractivity (Wildman–Crippen MR) is 127 cm³/mol. The molecule has 0 radical (unpaired) electrons. The van der Waals surface area contributed by atoms with E-state index in [4.69, 9.17) is 0 Å². The Morgan fingerprint density at radius 1 is 1.27 bits per heavy atom. The predicted octanol–water partition coefficient (Wildman–Crippen LogP) is 2.42. The fraction of sp³-hybridized carbons (Fsp3) is 0.500. The van der Waals surface area contributed by atoms with E-state index in [1.54, 1.807) is 11.3 Å². The third-order valence-electron chi connectivity index (χ3n) is 5.99. The van der Waals surface area contributed by atoms with Crippen LogP contribution in [0.1, 0.15) is 51.4 Å². The number of likely N-dealkylation sites (tertiary alicyclic amines) is 1. The molecule has 2 heterocycles.